The summed E-state index contributed by atoms with van der Waals surface area (Å²) in [4.78, 5) is 0. The zero-order valence-corrected chi connectivity index (χ0v) is 12.7. The molecule has 1 unspecified atom stereocenters. The second-order valence-corrected chi connectivity index (χ2v) is 5.31. The molecule has 0 saturated carbocycles. The van der Waals surface area contributed by atoms with Crippen molar-refractivity contribution in [1.82, 2.24) is 0 Å². The molecule has 2 aromatic carbocycles. The first-order valence-electron chi connectivity index (χ1n) is 6.35. The first-order chi connectivity index (χ1) is 10.1. The van der Waals surface area contributed by atoms with Crippen LogP contribution in [0.1, 0.15) is 11.6 Å². The predicted molar refractivity (Wildman–Crippen MR) is 82.6 cm³/mol. The zero-order valence-electron chi connectivity index (χ0n) is 11.1. The molecule has 6 heteroatoms. The molecule has 1 atom stereocenters. The van der Waals surface area contributed by atoms with Gasteiger partial charge in [-0.1, -0.05) is 34.1 Å². The summed E-state index contributed by atoms with van der Waals surface area (Å²) in [7, 11) is 0. The Morgan fingerprint density at radius 3 is 2.43 bits per heavy atom. The number of benzene rings is 2. The molecule has 0 aliphatic carbocycles. The van der Waals surface area contributed by atoms with Crippen LogP contribution in [0.25, 0.3) is 0 Å². The lowest BCUT2D eigenvalue weighted by molar-refractivity contribution is -0.0498. The largest absolute Gasteiger partial charge is 0.435 e. The maximum Gasteiger partial charge on any atom is 0.387 e. The average Bonchev–Trinajstić information content (AvgIpc) is 2.45. The Kier molecular flexibility index (Phi) is 5.52. The van der Waals surface area contributed by atoms with E-state index in [4.69, 9.17) is 5.73 Å². The number of halogens is 3. The van der Waals surface area contributed by atoms with Gasteiger partial charge in [-0.25, -0.2) is 0 Å². The van der Waals surface area contributed by atoms with E-state index >= 15 is 0 Å². The monoisotopic (exact) mass is 356 g/mol. The van der Waals surface area contributed by atoms with Crippen molar-refractivity contribution in [3.05, 3.63) is 58.6 Å². The second kappa shape index (κ2) is 7.38. The van der Waals surface area contributed by atoms with Crippen LogP contribution >= 0.6 is 15.9 Å². The molecule has 112 valence electrons. The van der Waals surface area contributed by atoms with Crippen molar-refractivity contribution in [1.29, 1.82) is 0 Å². The molecular weight excluding hydrogens is 342 g/mol. The van der Waals surface area contributed by atoms with E-state index in [-0.39, 0.29) is 11.8 Å². The van der Waals surface area contributed by atoms with Crippen molar-refractivity contribution in [3.8, 4) is 5.75 Å². The third kappa shape index (κ3) is 4.68. The SMILES string of the molecule is NCC(Nc1cccc(Br)c1)c1ccc(OC(F)F)cc1. The first kappa shape index (κ1) is 15.7. The molecule has 21 heavy (non-hydrogen) atoms. The Bertz CT molecular complexity index is 578. The van der Waals surface area contributed by atoms with Crippen molar-refractivity contribution < 1.29 is 13.5 Å². The molecule has 0 aliphatic rings. The maximum absolute atomic E-state index is 12.1. The molecule has 3 nitrogen and oxygen atoms in total. The van der Waals surface area contributed by atoms with Gasteiger partial charge in [-0.15, -0.1) is 0 Å². The summed E-state index contributed by atoms with van der Waals surface area (Å²) >= 11 is 3.40. The standard InChI is InChI=1S/C15H15BrF2N2O/c16-11-2-1-3-12(8-11)20-14(9-19)10-4-6-13(7-5-10)21-15(17)18/h1-8,14-15,20H,9,19H2. The van der Waals surface area contributed by atoms with E-state index in [0.29, 0.717) is 6.54 Å². The summed E-state index contributed by atoms with van der Waals surface area (Å²) in [6.07, 6.45) is 0. The molecule has 0 bridgehead atoms. The van der Waals surface area contributed by atoms with E-state index in [1.165, 1.54) is 12.1 Å². The van der Waals surface area contributed by atoms with Gasteiger partial charge in [-0.3, -0.25) is 0 Å². The van der Waals surface area contributed by atoms with Gasteiger partial charge in [-0.05, 0) is 35.9 Å². The molecule has 0 spiro atoms. The van der Waals surface area contributed by atoms with E-state index in [2.05, 4.69) is 26.0 Å². The highest BCUT2D eigenvalue weighted by Crippen LogP contribution is 2.24. The molecule has 3 N–H and O–H groups in total. The van der Waals surface area contributed by atoms with Gasteiger partial charge in [0.05, 0.1) is 6.04 Å². The van der Waals surface area contributed by atoms with E-state index in [1.807, 2.05) is 24.3 Å². The lowest BCUT2D eigenvalue weighted by Crippen LogP contribution is -2.20. The molecule has 2 aromatic rings. The van der Waals surface area contributed by atoms with Gasteiger partial charge in [0.2, 0.25) is 0 Å². The van der Waals surface area contributed by atoms with Crippen LogP contribution < -0.4 is 15.8 Å². The minimum Gasteiger partial charge on any atom is -0.435 e. The Morgan fingerprint density at radius 1 is 1.14 bits per heavy atom. The van der Waals surface area contributed by atoms with Gasteiger partial charge in [0.15, 0.2) is 0 Å². The average molecular weight is 357 g/mol. The van der Waals surface area contributed by atoms with E-state index in [9.17, 15) is 8.78 Å². The minimum atomic E-state index is -2.82. The number of nitrogens with one attached hydrogen (secondary N) is 1. The highest BCUT2D eigenvalue weighted by Gasteiger charge is 2.11. The highest BCUT2D eigenvalue weighted by molar-refractivity contribution is 9.10. The Balaban J connectivity index is 2.10. The Labute approximate surface area is 130 Å². The van der Waals surface area contributed by atoms with Crippen LogP contribution in [0.4, 0.5) is 14.5 Å². The first-order valence-corrected chi connectivity index (χ1v) is 7.14. The second-order valence-electron chi connectivity index (χ2n) is 4.39. The molecule has 0 fully saturated rings. The van der Waals surface area contributed by atoms with Crippen molar-refractivity contribution >= 4 is 21.6 Å². The third-order valence-corrected chi connectivity index (χ3v) is 3.40. The number of ether oxygens (including phenoxy) is 1. The number of alkyl halides is 2. The molecule has 0 radical (unpaired) electrons. The molecule has 0 amide bonds. The summed E-state index contributed by atoms with van der Waals surface area (Å²) in [5.41, 5.74) is 7.61. The van der Waals surface area contributed by atoms with E-state index in [1.54, 1.807) is 12.1 Å². The third-order valence-electron chi connectivity index (χ3n) is 2.91. The summed E-state index contributed by atoms with van der Waals surface area (Å²) in [6.45, 7) is -2.44. The van der Waals surface area contributed by atoms with Crippen molar-refractivity contribution in [2.45, 2.75) is 12.7 Å². The van der Waals surface area contributed by atoms with Gasteiger partial charge in [0, 0.05) is 16.7 Å². The number of rotatable bonds is 6. The molecule has 0 heterocycles. The van der Waals surface area contributed by atoms with Gasteiger partial charge in [0.1, 0.15) is 5.75 Å². The molecular formula is C15H15BrF2N2O. The van der Waals surface area contributed by atoms with Crippen LogP contribution in [0.3, 0.4) is 0 Å². The summed E-state index contributed by atoms with van der Waals surface area (Å²) < 4.78 is 29.5. The molecule has 0 aromatic heterocycles. The highest BCUT2D eigenvalue weighted by atomic mass is 79.9. The number of hydrogen-bond acceptors (Lipinski definition) is 3. The maximum atomic E-state index is 12.1. The number of anilines is 1. The zero-order chi connectivity index (χ0) is 15.2. The van der Waals surface area contributed by atoms with Crippen LogP contribution in [-0.2, 0) is 0 Å². The van der Waals surface area contributed by atoms with Crippen LogP contribution in [0, 0.1) is 0 Å². The number of nitrogens with two attached hydrogens (primary N) is 1. The summed E-state index contributed by atoms with van der Waals surface area (Å²) in [6, 6.07) is 14.1. The van der Waals surface area contributed by atoms with E-state index < -0.39 is 6.61 Å². The van der Waals surface area contributed by atoms with Gasteiger partial charge >= 0.3 is 6.61 Å². The quantitative estimate of drug-likeness (QED) is 0.816. The summed E-state index contributed by atoms with van der Waals surface area (Å²) in [5, 5.41) is 3.30. The van der Waals surface area contributed by atoms with Gasteiger partial charge in [-0.2, -0.15) is 8.78 Å². The fourth-order valence-corrected chi connectivity index (χ4v) is 2.34. The van der Waals surface area contributed by atoms with Crippen LogP contribution in [0.2, 0.25) is 0 Å². The molecule has 2 rings (SSSR count). The van der Waals surface area contributed by atoms with Crippen molar-refractivity contribution in [3.63, 3.8) is 0 Å². The normalized spacial score (nSPS) is 12.2. The fraction of sp³-hybridized carbons (Fsp3) is 0.200. The van der Waals surface area contributed by atoms with Crippen molar-refractivity contribution in [2.24, 2.45) is 5.73 Å². The lowest BCUT2D eigenvalue weighted by atomic mass is 10.1. The molecule has 0 aliphatic heterocycles. The van der Waals surface area contributed by atoms with E-state index in [0.717, 1.165) is 15.7 Å². The number of hydrogen-bond donors (Lipinski definition) is 2. The topological polar surface area (TPSA) is 47.3 Å². The summed E-state index contributed by atoms with van der Waals surface area (Å²) in [5.74, 6) is 0.131. The smallest absolute Gasteiger partial charge is 0.387 e. The fourth-order valence-electron chi connectivity index (χ4n) is 1.94. The van der Waals surface area contributed by atoms with Crippen LogP contribution in [-0.4, -0.2) is 13.2 Å². The predicted octanol–water partition coefficient (Wildman–Crippen LogP) is 4.16. The van der Waals surface area contributed by atoms with Crippen molar-refractivity contribution in [2.75, 3.05) is 11.9 Å². The minimum absolute atomic E-state index is 0.111. The van der Waals surface area contributed by atoms with Gasteiger partial charge < -0.3 is 15.8 Å². The lowest BCUT2D eigenvalue weighted by Gasteiger charge is -2.19. The Morgan fingerprint density at radius 2 is 1.86 bits per heavy atom. The van der Waals surface area contributed by atoms with Crippen LogP contribution in [0.5, 0.6) is 5.75 Å². The van der Waals surface area contributed by atoms with Gasteiger partial charge in [0.25, 0.3) is 0 Å². The molecule has 0 saturated heterocycles. The Hall–Kier alpha value is -1.66. The van der Waals surface area contributed by atoms with Crippen LogP contribution in [0.15, 0.2) is 53.0 Å².